The van der Waals surface area contributed by atoms with Crippen molar-refractivity contribution in [3.63, 3.8) is 0 Å². The van der Waals surface area contributed by atoms with E-state index in [1.54, 1.807) is 19.1 Å². The van der Waals surface area contributed by atoms with Gasteiger partial charge in [-0.15, -0.1) is 0 Å². The summed E-state index contributed by atoms with van der Waals surface area (Å²) in [6.45, 7) is 0.379. The van der Waals surface area contributed by atoms with Gasteiger partial charge in [0.05, 0.1) is 0 Å². The smallest absolute Gasteiger partial charge is 0.422 e. The van der Waals surface area contributed by atoms with Crippen molar-refractivity contribution in [3.05, 3.63) is 23.9 Å². The maximum Gasteiger partial charge on any atom is 0.422 e. The SMILES string of the molecule is Cc1cccc(OCC(F)(F)F)n1. The van der Waals surface area contributed by atoms with Gasteiger partial charge in [-0.1, -0.05) is 6.07 Å². The molecule has 5 heteroatoms. The van der Waals surface area contributed by atoms with E-state index in [9.17, 15) is 13.2 Å². The summed E-state index contributed by atoms with van der Waals surface area (Å²) in [5.41, 5.74) is 0.625. The Labute approximate surface area is 73.4 Å². The minimum absolute atomic E-state index is 0.00248. The molecular formula is C8H8F3NO. The second-order valence-corrected chi connectivity index (χ2v) is 2.52. The van der Waals surface area contributed by atoms with Crippen molar-refractivity contribution < 1.29 is 17.9 Å². The average Bonchev–Trinajstić information content (AvgIpc) is 2.00. The first-order valence-electron chi connectivity index (χ1n) is 3.60. The fraction of sp³-hybridized carbons (Fsp3) is 0.375. The molecule has 0 atom stereocenters. The number of rotatable bonds is 2. The van der Waals surface area contributed by atoms with Gasteiger partial charge in [-0.25, -0.2) is 4.98 Å². The Morgan fingerprint density at radius 3 is 2.62 bits per heavy atom. The van der Waals surface area contributed by atoms with Crippen molar-refractivity contribution in [1.82, 2.24) is 4.98 Å². The van der Waals surface area contributed by atoms with Crippen LogP contribution in [0.5, 0.6) is 5.88 Å². The van der Waals surface area contributed by atoms with E-state index in [0.29, 0.717) is 5.69 Å². The minimum atomic E-state index is -4.31. The molecule has 0 unspecified atom stereocenters. The number of ether oxygens (including phenoxy) is 1. The van der Waals surface area contributed by atoms with Crippen LogP contribution in [0.2, 0.25) is 0 Å². The molecule has 0 aromatic carbocycles. The standard InChI is InChI=1S/C8H8F3NO/c1-6-3-2-4-7(12-6)13-5-8(9,10)11/h2-4H,5H2,1H3. The molecule has 72 valence electrons. The predicted octanol–water partition coefficient (Wildman–Crippen LogP) is 2.33. The van der Waals surface area contributed by atoms with Gasteiger partial charge in [0.1, 0.15) is 0 Å². The van der Waals surface area contributed by atoms with Crippen LogP contribution in [0.1, 0.15) is 5.69 Å². The lowest BCUT2D eigenvalue weighted by atomic mass is 10.4. The third-order valence-electron chi connectivity index (χ3n) is 1.25. The topological polar surface area (TPSA) is 22.1 Å². The van der Waals surface area contributed by atoms with Crippen LogP contribution in [-0.4, -0.2) is 17.8 Å². The van der Waals surface area contributed by atoms with E-state index < -0.39 is 12.8 Å². The van der Waals surface area contributed by atoms with E-state index in [0.717, 1.165) is 0 Å². The van der Waals surface area contributed by atoms with E-state index in [-0.39, 0.29) is 5.88 Å². The Kier molecular flexibility index (Phi) is 2.75. The number of nitrogens with zero attached hydrogens (tertiary/aromatic N) is 1. The lowest BCUT2D eigenvalue weighted by molar-refractivity contribution is -0.154. The van der Waals surface area contributed by atoms with Crippen molar-refractivity contribution in [2.24, 2.45) is 0 Å². The number of aryl methyl sites for hydroxylation is 1. The van der Waals surface area contributed by atoms with Crippen molar-refractivity contribution in [1.29, 1.82) is 0 Å². The van der Waals surface area contributed by atoms with Crippen LogP contribution < -0.4 is 4.74 Å². The lowest BCUT2D eigenvalue weighted by Crippen LogP contribution is -2.19. The van der Waals surface area contributed by atoms with E-state index in [2.05, 4.69) is 9.72 Å². The number of hydrogen-bond donors (Lipinski definition) is 0. The summed E-state index contributed by atoms with van der Waals surface area (Å²) >= 11 is 0. The number of pyridine rings is 1. The lowest BCUT2D eigenvalue weighted by Gasteiger charge is -2.07. The van der Waals surface area contributed by atoms with Gasteiger partial charge < -0.3 is 4.74 Å². The molecule has 0 aliphatic rings. The summed E-state index contributed by atoms with van der Waals surface area (Å²) in [7, 11) is 0. The molecule has 0 N–H and O–H groups in total. The van der Waals surface area contributed by atoms with Crippen LogP contribution in [0.4, 0.5) is 13.2 Å². The van der Waals surface area contributed by atoms with Crippen LogP contribution in [0, 0.1) is 6.92 Å². The van der Waals surface area contributed by atoms with Gasteiger partial charge in [-0.3, -0.25) is 0 Å². The van der Waals surface area contributed by atoms with Crippen LogP contribution in [0.25, 0.3) is 0 Å². The Morgan fingerprint density at radius 2 is 2.08 bits per heavy atom. The predicted molar refractivity (Wildman–Crippen MR) is 40.5 cm³/mol. The fourth-order valence-corrected chi connectivity index (χ4v) is 0.754. The molecule has 1 aromatic heterocycles. The zero-order valence-corrected chi connectivity index (χ0v) is 6.93. The molecular weight excluding hydrogens is 183 g/mol. The molecule has 1 rings (SSSR count). The van der Waals surface area contributed by atoms with Gasteiger partial charge in [0.2, 0.25) is 5.88 Å². The van der Waals surface area contributed by atoms with E-state index in [1.807, 2.05) is 0 Å². The summed E-state index contributed by atoms with van der Waals surface area (Å²) in [5, 5.41) is 0. The van der Waals surface area contributed by atoms with Crippen LogP contribution in [0.15, 0.2) is 18.2 Å². The quantitative estimate of drug-likeness (QED) is 0.715. The molecule has 0 amide bonds. The number of aromatic nitrogens is 1. The zero-order chi connectivity index (χ0) is 9.90. The van der Waals surface area contributed by atoms with E-state index in [4.69, 9.17) is 0 Å². The number of halogens is 3. The fourth-order valence-electron chi connectivity index (χ4n) is 0.754. The van der Waals surface area contributed by atoms with Gasteiger partial charge in [0.15, 0.2) is 6.61 Å². The van der Waals surface area contributed by atoms with Gasteiger partial charge in [0, 0.05) is 11.8 Å². The molecule has 0 saturated heterocycles. The van der Waals surface area contributed by atoms with Crippen molar-refractivity contribution >= 4 is 0 Å². The van der Waals surface area contributed by atoms with Gasteiger partial charge in [-0.2, -0.15) is 13.2 Å². The molecule has 0 aliphatic heterocycles. The van der Waals surface area contributed by atoms with Crippen molar-refractivity contribution in [3.8, 4) is 5.88 Å². The zero-order valence-electron chi connectivity index (χ0n) is 6.93. The summed E-state index contributed by atoms with van der Waals surface area (Å²) < 4.78 is 39.5. The summed E-state index contributed by atoms with van der Waals surface area (Å²) in [5.74, 6) is -0.00248. The molecule has 1 heterocycles. The van der Waals surface area contributed by atoms with Crippen molar-refractivity contribution in [2.45, 2.75) is 13.1 Å². The third kappa shape index (κ3) is 3.78. The largest absolute Gasteiger partial charge is 0.468 e. The van der Waals surface area contributed by atoms with Gasteiger partial charge >= 0.3 is 6.18 Å². The van der Waals surface area contributed by atoms with Crippen LogP contribution in [-0.2, 0) is 0 Å². The second kappa shape index (κ2) is 3.64. The first-order valence-corrected chi connectivity index (χ1v) is 3.60. The Bertz CT molecular complexity index is 285. The molecule has 0 aliphatic carbocycles. The maximum absolute atomic E-state index is 11.7. The number of hydrogen-bond acceptors (Lipinski definition) is 2. The highest BCUT2D eigenvalue weighted by atomic mass is 19.4. The summed E-state index contributed by atoms with van der Waals surface area (Å²) in [4.78, 5) is 3.75. The monoisotopic (exact) mass is 191 g/mol. The Morgan fingerprint density at radius 1 is 1.38 bits per heavy atom. The summed E-state index contributed by atoms with van der Waals surface area (Å²) in [6, 6.07) is 4.66. The first kappa shape index (κ1) is 9.83. The highest BCUT2D eigenvalue weighted by Gasteiger charge is 2.28. The second-order valence-electron chi connectivity index (χ2n) is 2.52. The third-order valence-corrected chi connectivity index (χ3v) is 1.25. The number of alkyl halides is 3. The van der Waals surface area contributed by atoms with Crippen molar-refractivity contribution in [2.75, 3.05) is 6.61 Å². The molecule has 1 aromatic rings. The molecule has 0 bridgehead atoms. The normalized spacial score (nSPS) is 11.4. The molecule has 0 fully saturated rings. The molecule has 0 spiro atoms. The van der Waals surface area contributed by atoms with Gasteiger partial charge in [0.25, 0.3) is 0 Å². The molecule has 0 radical (unpaired) electrons. The molecule has 2 nitrogen and oxygen atoms in total. The molecule has 0 saturated carbocycles. The Balaban J connectivity index is 2.55. The highest BCUT2D eigenvalue weighted by molar-refractivity contribution is 5.14. The average molecular weight is 191 g/mol. The summed E-state index contributed by atoms with van der Waals surface area (Å²) in [6.07, 6.45) is -4.31. The highest BCUT2D eigenvalue weighted by Crippen LogP contribution is 2.16. The van der Waals surface area contributed by atoms with Crippen LogP contribution >= 0.6 is 0 Å². The van der Waals surface area contributed by atoms with E-state index >= 15 is 0 Å². The minimum Gasteiger partial charge on any atom is -0.468 e. The van der Waals surface area contributed by atoms with E-state index in [1.165, 1.54) is 6.07 Å². The maximum atomic E-state index is 11.7. The first-order chi connectivity index (χ1) is 5.97. The van der Waals surface area contributed by atoms with Crippen LogP contribution in [0.3, 0.4) is 0 Å². The Hall–Kier alpha value is -1.26. The van der Waals surface area contributed by atoms with Gasteiger partial charge in [-0.05, 0) is 13.0 Å². The molecule has 13 heavy (non-hydrogen) atoms.